The Morgan fingerprint density at radius 3 is 2.22 bits per heavy atom. The summed E-state index contributed by atoms with van der Waals surface area (Å²) in [6, 6.07) is 18.7. The van der Waals surface area contributed by atoms with E-state index in [9.17, 15) is 0 Å². The van der Waals surface area contributed by atoms with Gasteiger partial charge in [0.05, 0.1) is 6.07 Å². The molecular formula is C15H12N2O. The first-order valence-corrected chi connectivity index (χ1v) is 5.48. The average Bonchev–Trinajstić information content (AvgIpc) is 2.41. The monoisotopic (exact) mass is 236 g/mol. The lowest BCUT2D eigenvalue weighted by molar-refractivity contribution is 0.482. The minimum atomic E-state index is 0.448. The van der Waals surface area contributed by atoms with Crippen LogP contribution in [0.25, 0.3) is 5.70 Å². The van der Waals surface area contributed by atoms with Crippen molar-refractivity contribution in [3.05, 3.63) is 66.2 Å². The van der Waals surface area contributed by atoms with Crippen LogP contribution in [-0.2, 0) is 0 Å². The van der Waals surface area contributed by atoms with E-state index in [4.69, 9.17) is 15.7 Å². The second kappa shape index (κ2) is 5.55. The Balaban J connectivity index is 2.14. The van der Waals surface area contributed by atoms with Gasteiger partial charge >= 0.3 is 0 Å². The number of para-hydroxylation sites is 1. The lowest BCUT2D eigenvalue weighted by Crippen LogP contribution is -1.95. The third-order valence-corrected chi connectivity index (χ3v) is 2.39. The van der Waals surface area contributed by atoms with Crippen molar-refractivity contribution in [3.63, 3.8) is 0 Å². The second-order valence-corrected chi connectivity index (χ2v) is 3.67. The third-order valence-electron chi connectivity index (χ3n) is 2.39. The normalized spacial score (nSPS) is 10.7. The van der Waals surface area contributed by atoms with Crippen molar-refractivity contribution in [1.82, 2.24) is 0 Å². The first-order chi connectivity index (χ1) is 8.79. The fourth-order valence-electron chi connectivity index (χ4n) is 1.49. The van der Waals surface area contributed by atoms with Gasteiger partial charge in [-0.15, -0.1) is 0 Å². The summed E-state index contributed by atoms with van der Waals surface area (Å²) in [6.07, 6.45) is 1.31. The van der Waals surface area contributed by atoms with Gasteiger partial charge in [0.25, 0.3) is 0 Å². The van der Waals surface area contributed by atoms with Crippen LogP contribution in [0.1, 0.15) is 5.56 Å². The SMILES string of the molecule is N#C/C=C(\N)c1ccc(Oc2ccccc2)cc1. The second-order valence-electron chi connectivity index (χ2n) is 3.67. The Morgan fingerprint density at radius 1 is 1.00 bits per heavy atom. The van der Waals surface area contributed by atoms with Gasteiger partial charge in [0, 0.05) is 11.8 Å². The molecule has 0 aromatic heterocycles. The molecule has 2 aromatic rings. The summed E-state index contributed by atoms with van der Waals surface area (Å²) in [5, 5.41) is 8.52. The van der Waals surface area contributed by atoms with Crippen LogP contribution in [0.4, 0.5) is 0 Å². The molecule has 18 heavy (non-hydrogen) atoms. The fraction of sp³-hybridized carbons (Fsp3) is 0. The molecule has 0 saturated carbocycles. The van der Waals surface area contributed by atoms with Crippen molar-refractivity contribution >= 4 is 5.70 Å². The van der Waals surface area contributed by atoms with Gasteiger partial charge in [-0.2, -0.15) is 5.26 Å². The number of benzene rings is 2. The Labute approximate surface area is 106 Å². The lowest BCUT2D eigenvalue weighted by atomic mass is 10.1. The molecule has 0 aliphatic rings. The van der Waals surface area contributed by atoms with Gasteiger partial charge in [0.2, 0.25) is 0 Å². The zero-order valence-electron chi connectivity index (χ0n) is 9.71. The molecular weight excluding hydrogens is 224 g/mol. The molecule has 0 aliphatic heterocycles. The van der Waals surface area contributed by atoms with E-state index in [0.29, 0.717) is 5.70 Å². The van der Waals surface area contributed by atoms with Crippen molar-refractivity contribution in [2.45, 2.75) is 0 Å². The summed E-state index contributed by atoms with van der Waals surface area (Å²) in [5.41, 5.74) is 6.96. The van der Waals surface area contributed by atoms with Crippen molar-refractivity contribution in [2.75, 3.05) is 0 Å². The van der Waals surface area contributed by atoms with E-state index < -0.39 is 0 Å². The maximum absolute atomic E-state index is 8.52. The van der Waals surface area contributed by atoms with Gasteiger partial charge < -0.3 is 10.5 Å². The molecule has 0 spiro atoms. The first-order valence-electron chi connectivity index (χ1n) is 5.48. The van der Waals surface area contributed by atoms with E-state index >= 15 is 0 Å². The Bertz CT molecular complexity index is 580. The number of hydrogen-bond acceptors (Lipinski definition) is 3. The summed E-state index contributed by atoms with van der Waals surface area (Å²) in [7, 11) is 0. The Morgan fingerprint density at radius 2 is 1.61 bits per heavy atom. The number of nitriles is 1. The summed E-state index contributed by atoms with van der Waals surface area (Å²) in [6.45, 7) is 0. The standard InChI is InChI=1S/C15H12N2O/c16-11-10-15(17)12-6-8-14(9-7-12)18-13-4-2-1-3-5-13/h1-10H,17H2/b15-10-. The first kappa shape index (κ1) is 11.7. The molecule has 0 radical (unpaired) electrons. The van der Waals surface area contributed by atoms with Gasteiger partial charge in [-0.25, -0.2) is 0 Å². The molecule has 2 N–H and O–H groups in total. The molecule has 0 fully saturated rings. The highest BCUT2D eigenvalue weighted by Gasteiger charge is 1.99. The van der Waals surface area contributed by atoms with E-state index in [0.717, 1.165) is 17.1 Å². The quantitative estimate of drug-likeness (QED) is 0.832. The van der Waals surface area contributed by atoms with Crippen LogP contribution in [0.2, 0.25) is 0 Å². The van der Waals surface area contributed by atoms with Gasteiger partial charge in [-0.3, -0.25) is 0 Å². The van der Waals surface area contributed by atoms with Gasteiger partial charge in [-0.1, -0.05) is 18.2 Å². The van der Waals surface area contributed by atoms with Crippen LogP contribution < -0.4 is 10.5 Å². The van der Waals surface area contributed by atoms with Gasteiger partial charge in [-0.05, 0) is 42.0 Å². The van der Waals surface area contributed by atoms with Crippen molar-refractivity contribution in [2.24, 2.45) is 5.73 Å². The van der Waals surface area contributed by atoms with Crippen molar-refractivity contribution < 1.29 is 4.74 Å². The summed E-state index contributed by atoms with van der Waals surface area (Å²) in [4.78, 5) is 0. The van der Waals surface area contributed by atoms with Crippen LogP contribution in [0.3, 0.4) is 0 Å². The van der Waals surface area contributed by atoms with E-state index in [-0.39, 0.29) is 0 Å². The smallest absolute Gasteiger partial charge is 0.127 e. The highest BCUT2D eigenvalue weighted by molar-refractivity contribution is 5.65. The summed E-state index contributed by atoms with van der Waals surface area (Å²) in [5.74, 6) is 1.51. The molecule has 0 atom stereocenters. The zero-order chi connectivity index (χ0) is 12.8. The van der Waals surface area contributed by atoms with Crippen LogP contribution >= 0.6 is 0 Å². The van der Waals surface area contributed by atoms with Gasteiger partial charge in [0.15, 0.2) is 0 Å². The molecule has 3 heteroatoms. The average molecular weight is 236 g/mol. The number of hydrogen-bond donors (Lipinski definition) is 1. The van der Waals surface area contributed by atoms with Crippen molar-refractivity contribution in [1.29, 1.82) is 5.26 Å². The van der Waals surface area contributed by atoms with Crippen molar-refractivity contribution in [3.8, 4) is 17.6 Å². The fourth-order valence-corrected chi connectivity index (χ4v) is 1.49. The minimum absolute atomic E-state index is 0.448. The number of rotatable bonds is 3. The number of nitrogens with two attached hydrogens (primary N) is 1. The minimum Gasteiger partial charge on any atom is -0.457 e. The molecule has 0 bridgehead atoms. The molecule has 2 aromatic carbocycles. The zero-order valence-corrected chi connectivity index (χ0v) is 9.71. The van der Waals surface area contributed by atoms with Crippen LogP contribution in [0.15, 0.2) is 60.7 Å². The Hall–Kier alpha value is -2.73. The highest BCUT2D eigenvalue weighted by Crippen LogP contribution is 2.22. The maximum Gasteiger partial charge on any atom is 0.127 e. The third kappa shape index (κ3) is 2.89. The van der Waals surface area contributed by atoms with Crippen LogP contribution in [0.5, 0.6) is 11.5 Å². The molecule has 0 saturated heterocycles. The number of allylic oxidation sites excluding steroid dienone is 1. The predicted molar refractivity (Wildman–Crippen MR) is 70.7 cm³/mol. The molecule has 0 unspecified atom stereocenters. The summed E-state index contributed by atoms with van der Waals surface area (Å²) >= 11 is 0. The molecule has 88 valence electrons. The molecule has 3 nitrogen and oxygen atoms in total. The van der Waals surface area contributed by atoms with E-state index in [2.05, 4.69) is 0 Å². The maximum atomic E-state index is 8.52. The topological polar surface area (TPSA) is 59.0 Å². The predicted octanol–water partition coefficient (Wildman–Crippen LogP) is 3.30. The number of nitrogens with zero attached hydrogens (tertiary/aromatic N) is 1. The summed E-state index contributed by atoms with van der Waals surface area (Å²) < 4.78 is 5.65. The lowest BCUT2D eigenvalue weighted by Gasteiger charge is -2.06. The highest BCUT2D eigenvalue weighted by atomic mass is 16.5. The molecule has 0 heterocycles. The van der Waals surface area contributed by atoms with Crippen LogP contribution in [-0.4, -0.2) is 0 Å². The van der Waals surface area contributed by atoms with E-state index in [1.807, 2.05) is 60.7 Å². The van der Waals surface area contributed by atoms with Crippen LogP contribution in [0, 0.1) is 11.3 Å². The molecule has 0 aliphatic carbocycles. The molecule has 0 amide bonds. The largest absolute Gasteiger partial charge is 0.457 e. The van der Waals surface area contributed by atoms with E-state index in [1.54, 1.807) is 0 Å². The Kier molecular flexibility index (Phi) is 3.62. The van der Waals surface area contributed by atoms with E-state index in [1.165, 1.54) is 6.08 Å². The molecule has 2 rings (SSSR count). The number of ether oxygens (including phenoxy) is 1. The van der Waals surface area contributed by atoms with Gasteiger partial charge in [0.1, 0.15) is 11.5 Å².